The van der Waals surface area contributed by atoms with Crippen LogP contribution in [0.2, 0.25) is 0 Å². The number of benzene rings is 1. The molecule has 120 valence electrons. The molecule has 25 heavy (non-hydrogen) atoms. The van der Waals surface area contributed by atoms with Crippen LogP contribution in [0.25, 0.3) is 16.8 Å². The standard InChI is InChI=1S/C19H14N6/c20-11-13-4-6-14(7-5-13)17-12-25-18(19(21)23-17)10-16(24-25)9-15-3-1-2-8-22-15/h1-8,10,12H,9H2,(H2,21,23). The molecule has 2 N–H and O–H groups in total. The van der Waals surface area contributed by atoms with Crippen molar-refractivity contribution >= 4 is 11.3 Å². The highest BCUT2D eigenvalue weighted by Gasteiger charge is 2.10. The van der Waals surface area contributed by atoms with E-state index < -0.39 is 0 Å². The van der Waals surface area contributed by atoms with Gasteiger partial charge in [-0.1, -0.05) is 18.2 Å². The van der Waals surface area contributed by atoms with Crippen molar-refractivity contribution in [2.75, 3.05) is 5.73 Å². The third-order valence-electron chi connectivity index (χ3n) is 3.93. The van der Waals surface area contributed by atoms with E-state index in [0.717, 1.165) is 22.5 Å². The first-order chi connectivity index (χ1) is 12.2. The summed E-state index contributed by atoms with van der Waals surface area (Å²) in [6.45, 7) is 0. The van der Waals surface area contributed by atoms with Gasteiger partial charge in [0.25, 0.3) is 0 Å². The van der Waals surface area contributed by atoms with Crippen molar-refractivity contribution in [3.8, 4) is 17.3 Å². The lowest BCUT2D eigenvalue weighted by Gasteiger charge is -2.04. The summed E-state index contributed by atoms with van der Waals surface area (Å²) in [5, 5.41) is 13.5. The molecule has 0 unspecified atom stereocenters. The lowest BCUT2D eigenvalue weighted by Crippen LogP contribution is -1.99. The number of fused-ring (bicyclic) bond motifs is 1. The number of hydrogen-bond acceptors (Lipinski definition) is 5. The number of hydrogen-bond donors (Lipinski definition) is 1. The molecule has 0 aliphatic rings. The minimum atomic E-state index is 0.418. The van der Waals surface area contributed by atoms with E-state index in [1.165, 1.54) is 0 Å². The monoisotopic (exact) mass is 326 g/mol. The quantitative estimate of drug-likeness (QED) is 0.625. The zero-order chi connectivity index (χ0) is 17.2. The third-order valence-corrected chi connectivity index (χ3v) is 3.93. The molecule has 3 aromatic heterocycles. The number of rotatable bonds is 3. The molecule has 6 nitrogen and oxygen atoms in total. The maximum absolute atomic E-state index is 8.90. The lowest BCUT2D eigenvalue weighted by atomic mass is 10.1. The zero-order valence-electron chi connectivity index (χ0n) is 13.3. The zero-order valence-corrected chi connectivity index (χ0v) is 13.3. The Morgan fingerprint density at radius 1 is 1.08 bits per heavy atom. The first-order valence-corrected chi connectivity index (χ1v) is 7.78. The van der Waals surface area contributed by atoms with Gasteiger partial charge in [-0.2, -0.15) is 10.4 Å². The highest BCUT2D eigenvalue weighted by Crippen LogP contribution is 2.22. The Bertz CT molecular complexity index is 1070. The summed E-state index contributed by atoms with van der Waals surface area (Å²) in [4.78, 5) is 8.79. The van der Waals surface area contributed by atoms with Crippen molar-refractivity contribution in [2.24, 2.45) is 0 Å². The van der Waals surface area contributed by atoms with Crippen LogP contribution in [0.15, 0.2) is 60.9 Å². The van der Waals surface area contributed by atoms with Gasteiger partial charge in [-0.15, -0.1) is 0 Å². The maximum atomic E-state index is 8.90. The van der Waals surface area contributed by atoms with Gasteiger partial charge in [-0.25, -0.2) is 9.50 Å². The summed E-state index contributed by atoms with van der Waals surface area (Å²) in [7, 11) is 0. The molecule has 4 aromatic rings. The molecule has 0 aliphatic heterocycles. The normalized spacial score (nSPS) is 10.7. The molecular weight excluding hydrogens is 312 g/mol. The van der Waals surface area contributed by atoms with Gasteiger partial charge in [0.1, 0.15) is 11.3 Å². The summed E-state index contributed by atoms with van der Waals surface area (Å²) in [6.07, 6.45) is 4.24. The van der Waals surface area contributed by atoms with Gasteiger partial charge in [0.2, 0.25) is 0 Å². The van der Waals surface area contributed by atoms with E-state index in [2.05, 4.69) is 21.1 Å². The second-order valence-corrected chi connectivity index (χ2v) is 5.66. The third kappa shape index (κ3) is 2.91. The van der Waals surface area contributed by atoms with Gasteiger partial charge in [0.05, 0.1) is 29.2 Å². The Kier molecular flexibility index (Phi) is 3.60. The molecule has 0 bridgehead atoms. The predicted octanol–water partition coefficient (Wildman–Crippen LogP) is 2.84. The largest absolute Gasteiger partial charge is 0.382 e. The van der Waals surface area contributed by atoms with E-state index in [1.54, 1.807) is 22.8 Å². The van der Waals surface area contributed by atoms with Gasteiger partial charge in [-0.05, 0) is 30.3 Å². The van der Waals surface area contributed by atoms with Gasteiger partial charge < -0.3 is 5.73 Å². The van der Waals surface area contributed by atoms with E-state index in [1.807, 2.05) is 42.6 Å². The Morgan fingerprint density at radius 2 is 1.92 bits per heavy atom. The molecule has 0 saturated carbocycles. The van der Waals surface area contributed by atoms with Crippen LogP contribution >= 0.6 is 0 Å². The first-order valence-electron chi connectivity index (χ1n) is 7.78. The van der Waals surface area contributed by atoms with Crippen molar-refractivity contribution in [2.45, 2.75) is 6.42 Å². The van der Waals surface area contributed by atoms with Crippen LogP contribution in [0.3, 0.4) is 0 Å². The van der Waals surface area contributed by atoms with Crippen molar-refractivity contribution in [1.29, 1.82) is 5.26 Å². The molecule has 3 heterocycles. The second kappa shape index (κ2) is 6.06. The fourth-order valence-corrected chi connectivity index (χ4v) is 2.70. The minimum Gasteiger partial charge on any atom is -0.382 e. The van der Waals surface area contributed by atoms with Crippen LogP contribution in [-0.2, 0) is 6.42 Å². The summed E-state index contributed by atoms with van der Waals surface area (Å²) >= 11 is 0. The van der Waals surface area contributed by atoms with Crippen LogP contribution in [-0.4, -0.2) is 19.6 Å². The molecule has 1 aromatic carbocycles. The fraction of sp³-hybridized carbons (Fsp3) is 0.0526. The molecule has 4 rings (SSSR count). The Morgan fingerprint density at radius 3 is 2.64 bits per heavy atom. The summed E-state index contributed by atoms with van der Waals surface area (Å²) in [5.74, 6) is 0.418. The number of anilines is 1. The highest BCUT2D eigenvalue weighted by molar-refractivity contribution is 5.71. The van der Waals surface area contributed by atoms with Crippen molar-refractivity contribution < 1.29 is 0 Å². The number of nitrogens with zero attached hydrogens (tertiary/aromatic N) is 5. The van der Waals surface area contributed by atoms with Gasteiger partial charge in [0, 0.05) is 23.9 Å². The fourth-order valence-electron chi connectivity index (χ4n) is 2.70. The number of nitrogen functional groups attached to an aromatic ring is 1. The van der Waals surface area contributed by atoms with Crippen molar-refractivity contribution in [3.63, 3.8) is 0 Å². The van der Waals surface area contributed by atoms with E-state index in [-0.39, 0.29) is 0 Å². The van der Waals surface area contributed by atoms with E-state index >= 15 is 0 Å². The Hall–Kier alpha value is -3.72. The molecule has 0 saturated heterocycles. The second-order valence-electron chi connectivity index (χ2n) is 5.66. The molecule has 0 radical (unpaired) electrons. The average molecular weight is 326 g/mol. The Labute approximate surface area is 144 Å². The lowest BCUT2D eigenvalue weighted by molar-refractivity contribution is 0.894. The minimum absolute atomic E-state index is 0.418. The average Bonchev–Trinajstić information content (AvgIpc) is 3.05. The SMILES string of the molecule is N#Cc1ccc(-c2cn3nc(Cc4ccccn4)cc3c(N)n2)cc1. The van der Waals surface area contributed by atoms with Crippen molar-refractivity contribution in [1.82, 2.24) is 19.6 Å². The van der Waals surface area contributed by atoms with E-state index in [9.17, 15) is 0 Å². The smallest absolute Gasteiger partial charge is 0.150 e. The molecule has 0 aliphatic carbocycles. The number of nitriles is 1. The van der Waals surface area contributed by atoms with Gasteiger partial charge in [0.15, 0.2) is 0 Å². The van der Waals surface area contributed by atoms with Crippen LogP contribution in [0, 0.1) is 11.3 Å². The number of pyridine rings is 1. The highest BCUT2D eigenvalue weighted by atomic mass is 15.2. The molecular formula is C19H14N6. The van der Waals surface area contributed by atoms with E-state index in [0.29, 0.717) is 23.5 Å². The summed E-state index contributed by atoms with van der Waals surface area (Å²) < 4.78 is 1.74. The predicted molar refractivity (Wildman–Crippen MR) is 94.6 cm³/mol. The topological polar surface area (TPSA) is 92.9 Å². The molecule has 0 spiro atoms. The first kappa shape index (κ1) is 14.8. The maximum Gasteiger partial charge on any atom is 0.150 e. The molecule has 6 heteroatoms. The van der Waals surface area contributed by atoms with Crippen molar-refractivity contribution in [3.05, 3.63) is 77.9 Å². The van der Waals surface area contributed by atoms with Crippen LogP contribution in [0.4, 0.5) is 5.82 Å². The molecule has 0 fully saturated rings. The van der Waals surface area contributed by atoms with Gasteiger partial charge in [-0.3, -0.25) is 4.98 Å². The number of nitrogens with two attached hydrogens (primary N) is 1. The summed E-state index contributed by atoms with van der Waals surface area (Å²) in [6, 6.07) is 17.1. The van der Waals surface area contributed by atoms with Crippen LogP contribution < -0.4 is 5.73 Å². The molecule has 0 amide bonds. The molecule has 0 atom stereocenters. The van der Waals surface area contributed by atoms with E-state index in [4.69, 9.17) is 11.0 Å². The number of aromatic nitrogens is 4. The Balaban J connectivity index is 1.72. The summed E-state index contributed by atoms with van der Waals surface area (Å²) in [5.41, 5.74) is 10.9. The van der Waals surface area contributed by atoms with Crippen LogP contribution in [0.5, 0.6) is 0 Å². The van der Waals surface area contributed by atoms with Gasteiger partial charge >= 0.3 is 0 Å². The van der Waals surface area contributed by atoms with Crippen LogP contribution in [0.1, 0.15) is 17.0 Å².